The second-order valence-electron chi connectivity index (χ2n) is 18.4. The maximum atomic E-state index is 15.0. The van der Waals surface area contributed by atoms with E-state index in [-0.39, 0.29) is 70.4 Å². The summed E-state index contributed by atoms with van der Waals surface area (Å²) in [5.74, 6) is -0.675. The summed E-state index contributed by atoms with van der Waals surface area (Å²) in [6.45, 7) is 5.50. The number of fused-ring (bicyclic) bond motifs is 2. The molecule has 1 amide bonds. The average molecular weight is 999 g/mol. The predicted octanol–water partition coefficient (Wildman–Crippen LogP) is 11.7. The van der Waals surface area contributed by atoms with Crippen LogP contribution in [0.15, 0.2) is 168 Å². The van der Waals surface area contributed by atoms with E-state index in [0.717, 1.165) is 53.7 Å². The van der Waals surface area contributed by atoms with Crippen LogP contribution in [0.5, 0.6) is 11.5 Å². The SMILES string of the molecule is C=CCOC12Oc3ccc(OCCSc4ccccc4)cc3C3C(CCCCO)C(CCCCO)C=C(C(=NOCc4ccccc4)CC1N(Cc1ccc(F)cc1)C(=O)OCCOCc1ccccc1)C32. The first-order valence-electron chi connectivity index (χ1n) is 25.2. The minimum Gasteiger partial charge on any atom is -0.493 e. The molecule has 380 valence electrons. The zero-order chi connectivity index (χ0) is 50.0. The molecule has 0 spiro atoms. The van der Waals surface area contributed by atoms with Crippen LogP contribution in [0, 0.1) is 23.6 Å². The average Bonchev–Trinajstić information content (AvgIpc) is 3.41. The summed E-state index contributed by atoms with van der Waals surface area (Å²) in [5.41, 5.74) is 5.11. The van der Waals surface area contributed by atoms with Gasteiger partial charge >= 0.3 is 6.09 Å². The summed E-state index contributed by atoms with van der Waals surface area (Å²) >= 11 is 1.73. The summed E-state index contributed by atoms with van der Waals surface area (Å²) in [6, 6.07) is 41.1. The zero-order valence-corrected chi connectivity index (χ0v) is 41.7. The summed E-state index contributed by atoms with van der Waals surface area (Å²) in [7, 11) is 0. The molecule has 72 heavy (non-hydrogen) atoms. The van der Waals surface area contributed by atoms with Gasteiger partial charge in [-0.1, -0.05) is 121 Å². The first-order chi connectivity index (χ1) is 35.4. The zero-order valence-electron chi connectivity index (χ0n) is 40.9. The number of ether oxygens (including phenoxy) is 5. The van der Waals surface area contributed by atoms with Gasteiger partial charge in [0.1, 0.15) is 36.6 Å². The van der Waals surface area contributed by atoms with Crippen molar-refractivity contribution < 1.29 is 47.9 Å². The topological polar surface area (TPSA) is 129 Å². The first kappa shape index (κ1) is 52.4. The summed E-state index contributed by atoms with van der Waals surface area (Å²) in [6.07, 6.45) is 7.96. The first-order valence-corrected chi connectivity index (χ1v) is 26.2. The van der Waals surface area contributed by atoms with E-state index in [9.17, 15) is 14.6 Å². The molecule has 1 aliphatic heterocycles. The van der Waals surface area contributed by atoms with Gasteiger partial charge in [0.05, 0.1) is 38.1 Å². The fraction of sp³-hybridized carbons (Fsp3) is 0.390. The van der Waals surface area contributed by atoms with Gasteiger partial charge in [0.25, 0.3) is 0 Å². The van der Waals surface area contributed by atoms with Crippen LogP contribution in [0.1, 0.15) is 73.1 Å². The van der Waals surface area contributed by atoms with E-state index >= 15 is 4.79 Å². The Bertz CT molecular complexity index is 2530. The van der Waals surface area contributed by atoms with Crippen LogP contribution in [0.3, 0.4) is 0 Å². The van der Waals surface area contributed by atoms with Gasteiger partial charge < -0.3 is 38.7 Å². The van der Waals surface area contributed by atoms with Crippen LogP contribution in [0.2, 0.25) is 0 Å². The lowest BCUT2D eigenvalue weighted by atomic mass is 9.55. The molecule has 0 saturated heterocycles. The molecule has 5 aromatic rings. The molecular formula is C59H67FN2O9S. The molecule has 0 radical (unpaired) electrons. The van der Waals surface area contributed by atoms with Crippen molar-refractivity contribution in [1.82, 2.24) is 4.90 Å². The third kappa shape index (κ3) is 13.4. The third-order valence-electron chi connectivity index (χ3n) is 13.7. The summed E-state index contributed by atoms with van der Waals surface area (Å²) < 4.78 is 47.7. The third-order valence-corrected chi connectivity index (χ3v) is 14.7. The van der Waals surface area contributed by atoms with Crippen LogP contribution >= 0.6 is 11.8 Å². The Balaban J connectivity index is 1.24. The number of carbonyl (C=O) groups excluding carboxylic acids is 1. The monoisotopic (exact) mass is 998 g/mol. The molecule has 6 atom stereocenters. The molecule has 11 nitrogen and oxygen atoms in total. The number of benzene rings is 5. The molecule has 5 aromatic carbocycles. The molecule has 1 saturated carbocycles. The van der Waals surface area contributed by atoms with Gasteiger partial charge in [-0.15, -0.1) is 18.3 Å². The lowest BCUT2D eigenvalue weighted by Gasteiger charge is -2.59. The van der Waals surface area contributed by atoms with Crippen molar-refractivity contribution in [3.05, 3.63) is 186 Å². The molecule has 2 N–H and O–H groups in total. The van der Waals surface area contributed by atoms with Crippen molar-refractivity contribution in [3.63, 3.8) is 0 Å². The molecule has 1 fully saturated rings. The largest absolute Gasteiger partial charge is 0.493 e. The number of carbonyl (C=O) groups is 1. The maximum Gasteiger partial charge on any atom is 0.410 e. The molecule has 0 bridgehead atoms. The number of amides is 1. The van der Waals surface area contributed by atoms with Crippen LogP contribution in [0.25, 0.3) is 0 Å². The Morgan fingerprint density at radius 1 is 0.819 bits per heavy atom. The van der Waals surface area contributed by atoms with Crippen LogP contribution in [0.4, 0.5) is 9.18 Å². The van der Waals surface area contributed by atoms with Crippen LogP contribution < -0.4 is 9.47 Å². The van der Waals surface area contributed by atoms with Crippen molar-refractivity contribution in [2.24, 2.45) is 22.9 Å². The lowest BCUT2D eigenvalue weighted by Crippen LogP contribution is -2.70. The Hall–Kier alpha value is -5.96. The van der Waals surface area contributed by atoms with Gasteiger partial charge in [-0.3, -0.25) is 4.90 Å². The number of unbranched alkanes of at least 4 members (excludes halogenated alkanes) is 2. The fourth-order valence-corrected chi connectivity index (χ4v) is 11.2. The molecule has 3 aliphatic rings. The van der Waals surface area contributed by atoms with Gasteiger partial charge in [0.2, 0.25) is 5.79 Å². The minimum atomic E-state index is -1.54. The molecule has 0 aromatic heterocycles. The Kier molecular flexibility index (Phi) is 19.4. The lowest BCUT2D eigenvalue weighted by molar-refractivity contribution is -0.256. The van der Waals surface area contributed by atoms with Crippen molar-refractivity contribution in [2.45, 2.75) is 87.3 Å². The number of aliphatic hydroxyl groups excluding tert-OH is 2. The Morgan fingerprint density at radius 3 is 2.22 bits per heavy atom. The number of oxime groups is 1. The standard InChI is InChI=1S/C59H67FN2O9S/c1-2-32-69-59-55(62(40-43-24-26-47(60)27-25-43)58(65)68-34-33-66-41-44-16-6-3-7-17-44)39-53(61-70-42-45-18-8-4-9-19-45)51-37-46(20-12-14-30-63)50(23-13-15-31-64)56(57(51)59)52-38-48(28-29-54(52)71-59)67-35-36-72-49-21-10-5-11-22-49/h2-11,16-19,21-22,24-29,37-38,46,50,55-57,63-64H,1,12-15,20,23,30-36,39-42H2. The van der Waals surface area contributed by atoms with Crippen LogP contribution in [-0.2, 0) is 38.8 Å². The Morgan fingerprint density at radius 2 is 1.51 bits per heavy atom. The number of hydrogen-bond donors (Lipinski definition) is 2. The van der Waals surface area contributed by atoms with E-state index < -0.39 is 29.7 Å². The molecule has 8 rings (SSSR count). The van der Waals surface area contributed by atoms with Gasteiger partial charge in [0.15, 0.2) is 0 Å². The van der Waals surface area contributed by atoms with Crippen LogP contribution in [-0.4, -0.2) is 84.1 Å². The molecule has 2 aliphatic carbocycles. The number of halogens is 1. The predicted molar refractivity (Wildman–Crippen MR) is 278 cm³/mol. The van der Waals surface area contributed by atoms with Gasteiger partial charge in [-0.05, 0) is 102 Å². The van der Waals surface area contributed by atoms with Crippen molar-refractivity contribution in [1.29, 1.82) is 0 Å². The minimum absolute atomic E-state index is 0.00624. The van der Waals surface area contributed by atoms with Crippen molar-refractivity contribution >= 4 is 23.6 Å². The highest BCUT2D eigenvalue weighted by molar-refractivity contribution is 7.99. The maximum absolute atomic E-state index is 15.0. The van der Waals surface area contributed by atoms with Gasteiger partial charge in [0, 0.05) is 48.3 Å². The number of allylic oxidation sites excluding steroid dienone is 1. The number of aliphatic hydroxyl groups is 2. The molecule has 6 unspecified atom stereocenters. The number of hydrogen-bond acceptors (Lipinski definition) is 11. The normalized spacial score (nSPS) is 21.4. The molecular weight excluding hydrogens is 932 g/mol. The number of nitrogens with zero attached hydrogens (tertiary/aromatic N) is 2. The second kappa shape index (κ2) is 26.7. The quantitative estimate of drug-likeness (QED) is 0.0227. The summed E-state index contributed by atoms with van der Waals surface area (Å²) in [4.78, 5) is 24.1. The summed E-state index contributed by atoms with van der Waals surface area (Å²) in [5, 5.41) is 25.1. The number of thioether (sulfide) groups is 1. The highest BCUT2D eigenvalue weighted by Crippen LogP contribution is 2.62. The fourth-order valence-electron chi connectivity index (χ4n) is 10.5. The van der Waals surface area contributed by atoms with Crippen molar-refractivity contribution in [2.75, 3.05) is 45.4 Å². The van der Waals surface area contributed by atoms with Gasteiger partial charge in [-0.25, -0.2) is 9.18 Å². The highest BCUT2D eigenvalue weighted by Gasteiger charge is 2.65. The van der Waals surface area contributed by atoms with E-state index in [2.05, 4.69) is 30.9 Å². The number of rotatable bonds is 27. The van der Waals surface area contributed by atoms with E-state index in [1.165, 1.54) is 17.0 Å². The van der Waals surface area contributed by atoms with E-state index in [0.29, 0.717) is 48.8 Å². The highest BCUT2D eigenvalue weighted by atomic mass is 32.2. The molecule has 1 heterocycles. The van der Waals surface area contributed by atoms with E-state index in [4.69, 9.17) is 33.7 Å². The smallest absolute Gasteiger partial charge is 0.410 e. The second-order valence-corrected chi connectivity index (χ2v) is 19.6. The van der Waals surface area contributed by atoms with E-state index in [1.807, 2.05) is 91.0 Å². The van der Waals surface area contributed by atoms with E-state index in [1.54, 1.807) is 34.9 Å². The van der Waals surface area contributed by atoms with Gasteiger partial charge in [-0.2, -0.15) is 0 Å². The molecule has 13 heteroatoms. The Labute approximate surface area is 427 Å². The van der Waals surface area contributed by atoms with Crippen molar-refractivity contribution in [3.8, 4) is 11.5 Å².